The number of nitrogens with zero attached hydrogens (tertiary/aromatic N) is 2. The number of aromatic nitrogens is 2. The van der Waals surface area contributed by atoms with Crippen molar-refractivity contribution in [2.45, 2.75) is 33.3 Å². The summed E-state index contributed by atoms with van der Waals surface area (Å²) in [6, 6.07) is 0. The molecule has 0 aromatic carbocycles. The molecule has 5 nitrogen and oxygen atoms in total. The van der Waals surface area contributed by atoms with E-state index in [0.29, 0.717) is 31.3 Å². The van der Waals surface area contributed by atoms with E-state index in [1.807, 2.05) is 6.92 Å². The highest BCUT2D eigenvalue weighted by Gasteiger charge is 2.09. The summed E-state index contributed by atoms with van der Waals surface area (Å²) in [6.07, 6.45) is 0.707. The zero-order chi connectivity index (χ0) is 10.4. The Labute approximate surface area is 82.4 Å². The molecule has 0 unspecified atom stereocenters. The van der Waals surface area contributed by atoms with Crippen molar-refractivity contribution in [3.05, 3.63) is 11.7 Å². The Morgan fingerprint density at radius 3 is 2.93 bits per heavy atom. The minimum atomic E-state index is 0.0941. The summed E-state index contributed by atoms with van der Waals surface area (Å²) in [4.78, 5) is 15.1. The normalized spacial score (nSPS) is 10.4. The van der Waals surface area contributed by atoms with Crippen LogP contribution in [0.25, 0.3) is 0 Å². The maximum absolute atomic E-state index is 11.0. The Hall–Kier alpha value is -1.23. The first kappa shape index (κ1) is 10.8. The second kappa shape index (κ2) is 5.49. The van der Waals surface area contributed by atoms with Gasteiger partial charge in [-0.25, -0.2) is 0 Å². The van der Waals surface area contributed by atoms with Gasteiger partial charge in [-0.2, -0.15) is 4.98 Å². The maximum Gasteiger partial charge on any atom is 0.234 e. The van der Waals surface area contributed by atoms with E-state index in [-0.39, 0.29) is 12.2 Å². The molecule has 0 amide bonds. The van der Waals surface area contributed by atoms with Crippen LogP contribution in [0.15, 0.2) is 4.52 Å². The van der Waals surface area contributed by atoms with Crippen molar-refractivity contribution in [2.24, 2.45) is 0 Å². The van der Waals surface area contributed by atoms with Crippen molar-refractivity contribution >= 4 is 5.78 Å². The van der Waals surface area contributed by atoms with Crippen molar-refractivity contribution in [3.8, 4) is 0 Å². The summed E-state index contributed by atoms with van der Waals surface area (Å²) in [5.74, 6) is 0.953. The van der Waals surface area contributed by atoms with E-state index in [9.17, 15) is 4.79 Å². The van der Waals surface area contributed by atoms with Gasteiger partial charge < -0.3 is 9.26 Å². The second-order valence-electron chi connectivity index (χ2n) is 2.81. The quantitative estimate of drug-likeness (QED) is 0.685. The molecule has 78 valence electrons. The zero-order valence-electron chi connectivity index (χ0n) is 8.45. The van der Waals surface area contributed by atoms with E-state index in [2.05, 4.69) is 10.1 Å². The number of carbonyl (C=O) groups is 1. The molecule has 1 aromatic rings. The molecule has 5 heteroatoms. The van der Waals surface area contributed by atoms with Gasteiger partial charge in [0.1, 0.15) is 12.4 Å². The Balaban J connectivity index is 2.46. The number of Topliss-reactive ketones (excluding diaryl/α,β-unsaturated/α-hetero) is 1. The average molecular weight is 198 g/mol. The Morgan fingerprint density at radius 1 is 1.50 bits per heavy atom. The predicted molar refractivity (Wildman–Crippen MR) is 48.6 cm³/mol. The summed E-state index contributed by atoms with van der Waals surface area (Å²) in [5, 5.41) is 3.68. The van der Waals surface area contributed by atoms with Gasteiger partial charge in [-0.3, -0.25) is 4.79 Å². The Kier molecular flexibility index (Phi) is 4.25. The van der Waals surface area contributed by atoms with Gasteiger partial charge in [0.2, 0.25) is 5.89 Å². The summed E-state index contributed by atoms with van der Waals surface area (Å²) >= 11 is 0. The fraction of sp³-hybridized carbons (Fsp3) is 0.667. The van der Waals surface area contributed by atoms with E-state index in [1.165, 1.54) is 0 Å². The summed E-state index contributed by atoms with van der Waals surface area (Å²) in [5.41, 5.74) is 0. The van der Waals surface area contributed by atoms with Crippen LogP contribution < -0.4 is 0 Å². The smallest absolute Gasteiger partial charge is 0.234 e. The first-order chi connectivity index (χ1) is 6.76. The van der Waals surface area contributed by atoms with Crippen molar-refractivity contribution < 1.29 is 14.1 Å². The van der Waals surface area contributed by atoms with Gasteiger partial charge in [-0.05, 0) is 6.92 Å². The number of hydrogen-bond donors (Lipinski definition) is 0. The van der Waals surface area contributed by atoms with Gasteiger partial charge in [0, 0.05) is 13.0 Å². The molecular weight excluding hydrogens is 184 g/mol. The van der Waals surface area contributed by atoms with Crippen LogP contribution >= 0.6 is 0 Å². The molecule has 0 fully saturated rings. The molecule has 0 bridgehead atoms. The molecule has 1 aromatic heterocycles. The fourth-order valence-electron chi connectivity index (χ4n) is 0.908. The molecule has 0 atom stereocenters. The molecule has 0 saturated carbocycles. The molecule has 0 spiro atoms. The average Bonchev–Trinajstić information content (AvgIpc) is 2.62. The molecule has 0 aliphatic heterocycles. The number of ether oxygens (including phenoxy) is 1. The molecule has 1 rings (SSSR count). The van der Waals surface area contributed by atoms with Crippen molar-refractivity contribution in [1.29, 1.82) is 0 Å². The van der Waals surface area contributed by atoms with E-state index < -0.39 is 0 Å². The van der Waals surface area contributed by atoms with Gasteiger partial charge in [0.15, 0.2) is 5.82 Å². The molecule has 0 N–H and O–H groups in total. The minimum Gasteiger partial charge on any atom is -0.374 e. The van der Waals surface area contributed by atoms with Crippen LogP contribution in [-0.2, 0) is 22.6 Å². The first-order valence-corrected chi connectivity index (χ1v) is 4.67. The lowest BCUT2D eigenvalue weighted by atomic mass is 10.2. The van der Waals surface area contributed by atoms with Crippen molar-refractivity contribution in [3.63, 3.8) is 0 Å². The molecule has 0 aliphatic rings. The van der Waals surface area contributed by atoms with Crippen LogP contribution in [-0.4, -0.2) is 22.5 Å². The topological polar surface area (TPSA) is 65.2 Å². The van der Waals surface area contributed by atoms with Gasteiger partial charge in [0.05, 0.1) is 6.42 Å². The highest BCUT2D eigenvalue weighted by molar-refractivity contribution is 5.79. The van der Waals surface area contributed by atoms with Crippen molar-refractivity contribution in [1.82, 2.24) is 10.1 Å². The number of hydrogen-bond acceptors (Lipinski definition) is 5. The van der Waals surface area contributed by atoms with E-state index in [0.717, 1.165) is 0 Å². The Bertz CT molecular complexity index is 296. The molecule has 0 saturated heterocycles. The third-order valence-corrected chi connectivity index (χ3v) is 1.69. The van der Waals surface area contributed by atoms with Gasteiger partial charge in [-0.1, -0.05) is 12.1 Å². The summed E-state index contributed by atoms with van der Waals surface area (Å²) < 4.78 is 9.97. The monoisotopic (exact) mass is 198 g/mol. The van der Waals surface area contributed by atoms with Crippen LogP contribution in [0.3, 0.4) is 0 Å². The van der Waals surface area contributed by atoms with Crippen LogP contribution in [0.1, 0.15) is 32.0 Å². The summed E-state index contributed by atoms with van der Waals surface area (Å²) in [6.45, 7) is 4.64. The van der Waals surface area contributed by atoms with E-state index in [1.54, 1.807) is 6.92 Å². The largest absolute Gasteiger partial charge is 0.374 e. The molecular formula is C9H14N2O3. The number of ketones is 1. The third kappa shape index (κ3) is 3.26. The number of carbonyl (C=O) groups excluding carboxylic acids is 1. The molecule has 0 radical (unpaired) electrons. The van der Waals surface area contributed by atoms with Crippen LogP contribution in [0, 0.1) is 0 Å². The predicted octanol–water partition coefficient (Wildman–Crippen LogP) is 1.13. The lowest BCUT2D eigenvalue weighted by Crippen LogP contribution is -2.01. The van der Waals surface area contributed by atoms with Crippen LogP contribution in [0.5, 0.6) is 0 Å². The second-order valence-corrected chi connectivity index (χ2v) is 2.81. The highest BCUT2D eigenvalue weighted by Crippen LogP contribution is 2.01. The zero-order valence-corrected chi connectivity index (χ0v) is 8.45. The standard InChI is InChI=1S/C9H14N2O3/c1-3-7(12)5-9-10-8(11-14-9)6-13-4-2/h3-6H2,1-2H3. The summed E-state index contributed by atoms with van der Waals surface area (Å²) in [7, 11) is 0. The van der Waals surface area contributed by atoms with E-state index in [4.69, 9.17) is 9.26 Å². The van der Waals surface area contributed by atoms with Crippen LogP contribution in [0.2, 0.25) is 0 Å². The first-order valence-electron chi connectivity index (χ1n) is 4.67. The molecule has 1 heterocycles. The fourth-order valence-corrected chi connectivity index (χ4v) is 0.908. The third-order valence-electron chi connectivity index (χ3n) is 1.69. The lowest BCUT2D eigenvalue weighted by Gasteiger charge is -1.92. The Morgan fingerprint density at radius 2 is 2.29 bits per heavy atom. The maximum atomic E-state index is 11.0. The molecule has 14 heavy (non-hydrogen) atoms. The van der Waals surface area contributed by atoms with Crippen molar-refractivity contribution in [2.75, 3.05) is 6.61 Å². The van der Waals surface area contributed by atoms with Crippen LogP contribution in [0.4, 0.5) is 0 Å². The lowest BCUT2D eigenvalue weighted by molar-refractivity contribution is -0.118. The number of rotatable bonds is 6. The van der Waals surface area contributed by atoms with Gasteiger partial charge >= 0.3 is 0 Å². The highest BCUT2D eigenvalue weighted by atomic mass is 16.5. The molecule has 0 aliphatic carbocycles. The van der Waals surface area contributed by atoms with Gasteiger partial charge in [-0.15, -0.1) is 0 Å². The van der Waals surface area contributed by atoms with Gasteiger partial charge in [0.25, 0.3) is 0 Å². The SMILES string of the molecule is CCOCc1noc(CC(=O)CC)n1. The van der Waals surface area contributed by atoms with E-state index >= 15 is 0 Å². The minimum absolute atomic E-state index is 0.0941.